The van der Waals surface area contributed by atoms with Gasteiger partial charge in [-0.1, -0.05) is 24.3 Å². The molecular formula is C20H26O4. The normalized spacial score (nSPS) is 39.9. The number of ether oxygens (including phenoxy) is 3. The zero-order chi connectivity index (χ0) is 16.7. The number of fused-ring (bicyclic) bond motifs is 5. The molecule has 3 aliphatic carbocycles. The molecule has 1 N–H and O–H groups in total. The van der Waals surface area contributed by atoms with Gasteiger partial charge in [-0.2, -0.15) is 0 Å². The number of hydrogen-bond donors (Lipinski definition) is 1. The molecule has 3 aliphatic rings. The minimum atomic E-state index is -0.260. The summed E-state index contributed by atoms with van der Waals surface area (Å²) in [7, 11) is 3.34. The lowest BCUT2D eigenvalue weighted by Gasteiger charge is -2.46. The van der Waals surface area contributed by atoms with E-state index in [0.29, 0.717) is 30.5 Å². The zero-order valence-corrected chi connectivity index (χ0v) is 14.3. The Morgan fingerprint density at radius 1 is 1.00 bits per heavy atom. The van der Waals surface area contributed by atoms with Crippen molar-refractivity contribution < 1.29 is 19.3 Å². The Morgan fingerprint density at radius 2 is 1.71 bits per heavy atom. The fraction of sp³-hybridized carbons (Fsp3) is 0.600. The average Bonchev–Trinajstić information content (AvgIpc) is 3.23. The molecule has 2 bridgehead atoms. The molecule has 0 aromatic heterocycles. The first kappa shape index (κ1) is 16.1. The summed E-state index contributed by atoms with van der Waals surface area (Å²) in [5.41, 5.74) is 1.21. The topological polar surface area (TPSA) is 47.9 Å². The van der Waals surface area contributed by atoms with Crippen molar-refractivity contribution in [1.29, 1.82) is 0 Å². The summed E-state index contributed by atoms with van der Waals surface area (Å²) in [6.45, 7) is 0.303. The molecule has 4 nitrogen and oxygen atoms in total. The number of rotatable bonds is 5. The third-order valence-corrected chi connectivity index (χ3v) is 6.22. The van der Waals surface area contributed by atoms with E-state index in [2.05, 4.69) is 24.3 Å². The number of allylic oxidation sites excluding steroid dienone is 2. The van der Waals surface area contributed by atoms with Crippen LogP contribution < -0.4 is 4.74 Å². The summed E-state index contributed by atoms with van der Waals surface area (Å²) in [5.74, 6) is 2.79. The molecule has 0 aliphatic heterocycles. The van der Waals surface area contributed by atoms with Crippen LogP contribution >= 0.6 is 0 Å². The van der Waals surface area contributed by atoms with Crippen molar-refractivity contribution in [3.05, 3.63) is 42.0 Å². The van der Waals surface area contributed by atoms with Gasteiger partial charge in [0.05, 0.1) is 19.3 Å². The van der Waals surface area contributed by atoms with E-state index in [4.69, 9.17) is 14.2 Å². The highest BCUT2D eigenvalue weighted by Gasteiger charge is 2.56. The van der Waals surface area contributed by atoms with Crippen LogP contribution in [0.25, 0.3) is 0 Å². The fourth-order valence-electron chi connectivity index (χ4n) is 5.27. The van der Waals surface area contributed by atoms with Crippen LogP contribution in [0.1, 0.15) is 24.3 Å². The molecule has 1 aromatic carbocycles. The smallest absolute Gasteiger partial charge is 0.146 e. The van der Waals surface area contributed by atoms with E-state index in [9.17, 15) is 5.11 Å². The summed E-state index contributed by atoms with van der Waals surface area (Å²) in [6.07, 6.45) is 6.37. The van der Waals surface area contributed by atoms with Crippen LogP contribution in [0.2, 0.25) is 0 Å². The number of aliphatic hydroxyl groups is 1. The van der Waals surface area contributed by atoms with Gasteiger partial charge in [0.1, 0.15) is 12.5 Å². The van der Waals surface area contributed by atoms with E-state index >= 15 is 0 Å². The molecule has 2 saturated carbocycles. The third-order valence-electron chi connectivity index (χ3n) is 6.22. The molecule has 0 radical (unpaired) electrons. The summed E-state index contributed by atoms with van der Waals surface area (Å²) >= 11 is 0. The monoisotopic (exact) mass is 330 g/mol. The highest BCUT2D eigenvalue weighted by Crippen LogP contribution is 2.57. The quantitative estimate of drug-likeness (QED) is 0.666. The van der Waals surface area contributed by atoms with Crippen molar-refractivity contribution in [3.8, 4) is 5.75 Å². The van der Waals surface area contributed by atoms with Crippen molar-refractivity contribution >= 4 is 0 Å². The highest BCUT2D eigenvalue weighted by molar-refractivity contribution is 5.32. The predicted molar refractivity (Wildman–Crippen MR) is 90.8 cm³/mol. The van der Waals surface area contributed by atoms with Gasteiger partial charge in [-0.25, -0.2) is 0 Å². The lowest BCUT2D eigenvalue weighted by Crippen LogP contribution is -2.48. The van der Waals surface area contributed by atoms with Gasteiger partial charge in [-0.15, -0.1) is 0 Å². The second-order valence-corrected chi connectivity index (χ2v) is 7.32. The molecule has 0 unspecified atom stereocenters. The van der Waals surface area contributed by atoms with Gasteiger partial charge in [0.15, 0.2) is 0 Å². The minimum Gasteiger partial charge on any atom is -0.497 e. The van der Waals surface area contributed by atoms with E-state index in [1.807, 2.05) is 12.1 Å². The minimum absolute atomic E-state index is 0.0895. The molecule has 1 aromatic rings. The molecule has 4 rings (SSSR count). The number of methoxy groups -OCH3 is 2. The average molecular weight is 330 g/mol. The van der Waals surface area contributed by atoms with Crippen LogP contribution in [0.4, 0.5) is 0 Å². The first-order chi connectivity index (χ1) is 11.7. The largest absolute Gasteiger partial charge is 0.497 e. The standard InChI is InChI=1S/C20H26O4/c1-22-11-24-20-16(12-5-7-15(23-2)8-6-12)10-17(21)18-13-3-4-14(9-13)19(18)20/h3-8,13-14,16-21H,9-11H2,1-2H3/t13-,14+,16-,17+,18+,19+,20-/m0/s1. The molecule has 24 heavy (non-hydrogen) atoms. The molecule has 7 atom stereocenters. The first-order valence-electron chi connectivity index (χ1n) is 8.83. The van der Waals surface area contributed by atoms with Crippen LogP contribution in [0.3, 0.4) is 0 Å². The summed E-state index contributed by atoms with van der Waals surface area (Å²) in [5, 5.41) is 10.8. The molecule has 2 fully saturated rings. The van der Waals surface area contributed by atoms with Gasteiger partial charge in [-0.3, -0.25) is 0 Å². The van der Waals surface area contributed by atoms with Gasteiger partial charge in [-0.05, 0) is 54.2 Å². The van der Waals surface area contributed by atoms with Gasteiger partial charge < -0.3 is 19.3 Å². The number of aliphatic hydroxyl groups excluding tert-OH is 1. The van der Waals surface area contributed by atoms with E-state index in [1.165, 1.54) is 5.56 Å². The summed E-state index contributed by atoms with van der Waals surface area (Å²) in [6, 6.07) is 8.18. The summed E-state index contributed by atoms with van der Waals surface area (Å²) in [4.78, 5) is 0. The van der Waals surface area contributed by atoms with Crippen molar-refractivity contribution in [2.45, 2.75) is 31.0 Å². The van der Waals surface area contributed by atoms with Crippen molar-refractivity contribution in [3.63, 3.8) is 0 Å². The number of hydrogen-bond acceptors (Lipinski definition) is 4. The molecule has 0 saturated heterocycles. The first-order valence-corrected chi connectivity index (χ1v) is 8.83. The van der Waals surface area contributed by atoms with Crippen molar-refractivity contribution in [2.75, 3.05) is 21.0 Å². The molecule has 0 heterocycles. The lowest BCUT2D eigenvalue weighted by atomic mass is 9.64. The second-order valence-electron chi connectivity index (χ2n) is 7.32. The van der Waals surface area contributed by atoms with Crippen LogP contribution in [0.15, 0.2) is 36.4 Å². The zero-order valence-electron chi connectivity index (χ0n) is 14.3. The molecular weight excluding hydrogens is 304 g/mol. The molecule has 0 amide bonds. The van der Waals surface area contributed by atoms with E-state index < -0.39 is 0 Å². The van der Waals surface area contributed by atoms with Gasteiger partial charge in [0.2, 0.25) is 0 Å². The Bertz CT molecular complexity index is 596. The van der Waals surface area contributed by atoms with E-state index in [1.54, 1.807) is 14.2 Å². The maximum Gasteiger partial charge on any atom is 0.146 e. The third kappa shape index (κ3) is 2.57. The Morgan fingerprint density at radius 3 is 2.38 bits per heavy atom. The highest BCUT2D eigenvalue weighted by atomic mass is 16.7. The van der Waals surface area contributed by atoms with Gasteiger partial charge >= 0.3 is 0 Å². The Balaban J connectivity index is 1.65. The lowest BCUT2D eigenvalue weighted by molar-refractivity contribution is -0.144. The summed E-state index contributed by atoms with van der Waals surface area (Å²) < 4.78 is 16.6. The van der Waals surface area contributed by atoms with Gasteiger partial charge in [0, 0.05) is 13.0 Å². The molecule has 4 heteroatoms. The van der Waals surface area contributed by atoms with E-state index in [0.717, 1.165) is 18.6 Å². The van der Waals surface area contributed by atoms with Crippen LogP contribution in [-0.2, 0) is 9.47 Å². The van der Waals surface area contributed by atoms with Crippen LogP contribution in [0.5, 0.6) is 5.75 Å². The molecule has 130 valence electrons. The van der Waals surface area contributed by atoms with Crippen molar-refractivity contribution in [1.82, 2.24) is 0 Å². The van der Waals surface area contributed by atoms with Gasteiger partial charge in [0.25, 0.3) is 0 Å². The Labute approximate surface area is 143 Å². The van der Waals surface area contributed by atoms with Crippen molar-refractivity contribution in [2.24, 2.45) is 23.7 Å². The Hall–Kier alpha value is -1.36. The molecule has 0 spiro atoms. The second kappa shape index (κ2) is 6.51. The SMILES string of the molecule is COCO[C@@H]1[C@H]2[C@@H]([C@H](O)C[C@H]1c1ccc(OC)cc1)[C@H]1C=C[C@@H]2C1. The van der Waals surface area contributed by atoms with E-state index in [-0.39, 0.29) is 18.1 Å². The predicted octanol–water partition coefficient (Wildman–Crippen LogP) is 2.97. The maximum absolute atomic E-state index is 10.8. The number of benzene rings is 1. The maximum atomic E-state index is 10.8. The van der Waals surface area contributed by atoms with Crippen LogP contribution in [0, 0.1) is 23.7 Å². The fourth-order valence-corrected chi connectivity index (χ4v) is 5.27. The Kier molecular flexibility index (Phi) is 4.37. The van der Waals surface area contributed by atoms with Crippen LogP contribution in [-0.4, -0.2) is 38.3 Å².